The summed E-state index contributed by atoms with van der Waals surface area (Å²) in [5.41, 5.74) is 2.05. The lowest BCUT2D eigenvalue weighted by molar-refractivity contribution is 0.0500. The maximum atomic E-state index is 12.3. The predicted molar refractivity (Wildman–Crippen MR) is 92.6 cm³/mol. The fourth-order valence-electron chi connectivity index (χ4n) is 2.37. The van der Waals surface area contributed by atoms with Crippen LogP contribution in [-0.4, -0.2) is 17.6 Å². The van der Waals surface area contributed by atoms with Gasteiger partial charge in [-0.3, -0.25) is 0 Å². The monoisotopic (exact) mass is 321 g/mol. The molecule has 3 aromatic rings. The molecule has 0 unspecified atom stereocenters. The van der Waals surface area contributed by atoms with Gasteiger partial charge in [0.2, 0.25) is 5.89 Å². The molecule has 24 heavy (non-hydrogen) atoms. The fraction of sp³-hybridized carbons (Fsp3) is 0.200. The molecule has 1 aromatic heterocycles. The standard InChI is InChI=1S/C20H19NO3/c1-2-3-13-23-20(22)17-12-8-7-11-16(17)19-21-14-18(24-19)15-9-5-4-6-10-15/h4-12,14H,2-3,13H2,1H3. The average molecular weight is 321 g/mol. The number of carbonyl (C=O) groups excluding carboxylic acids is 1. The number of unbranched alkanes of at least 4 members (excludes halogenated alkanes) is 1. The highest BCUT2D eigenvalue weighted by Crippen LogP contribution is 2.28. The quantitative estimate of drug-likeness (QED) is 0.475. The van der Waals surface area contributed by atoms with Gasteiger partial charge in [-0.2, -0.15) is 0 Å². The van der Waals surface area contributed by atoms with Gasteiger partial charge < -0.3 is 9.15 Å². The van der Waals surface area contributed by atoms with E-state index in [2.05, 4.69) is 11.9 Å². The molecule has 0 aliphatic rings. The summed E-state index contributed by atoms with van der Waals surface area (Å²) in [5, 5.41) is 0. The van der Waals surface area contributed by atoms with E-state index in [1.165, 1.54) is 0 Å². The first-order valence-electron chi connectivity index (χ1n) is 8.07. The Kier molecular flexibility index (Phi) is 5.06. The molecule has 2 aromatic carbocycles. The summed E-state index contributed by atoms with van der Waals surface area (Å²) >= 11 is 0. The van der Waals surface area contributed by atoms with E-state index in [0.717, 1.165) is 18.4 Å². The van der Waals surface area contributed by atoms with Crippen molar-refractivity contribution in [3.63, 3.8) is 0 Å². The molecular formula is C20H19NO3. The topological polar surface area (TPSA) is 52.3 Å². The van der Waals surface area contributed by atoms with Crippen LogP contribution in [0, 0.1) is 0 Å². The lowest BCUT2D eigenvalue weighted by Crippen LogP contribution is -2.07. The van der Waals surface area contributed by atoms with Crippen molar-refractivity contribution in [3.05, 3.63) is 66.4 Å². The van der Waals surface area contributed by atoms with Gasteiger partial charge in [0, 0.05) is 5.56 Å². The van der Waals surface area contributed by atoms with Crippen molar-refractivity contribution in [1.82, 2.24) is 4.98 Å². The largest absolute Gasteiger partial charge is 0.462 e. The van der Waals surface area contributed by atoms with Gasteiger partial charge in [0.25, 0.3) is 0 Å². The Hall–Kier alpha value is -2.88. The maximum absolute atomic E-state index is 12.3. The lowest BCUT2D eigenvalue weighted by atomic mass is 10.1. The normalized spacial score (nSPS) is 10.5. The predicted octanol–water partition coefficient (Wildman–Crippen LogP) is 4.97. The Balaban J connectivity index is 1.88. The molecule has 0 N–H and O–H groups in total. The van der Waals surface area contributed by atoms with Crippen LogP contribution in [0.15, 0.2) is 65.2 Å². The van der Waals surface area contributed by atoms with Gasteiger partial charge in [0.15, 0.2) is 5.76 Å². The van der Waals surface area contributed by atoms with Crippen LogP contribution in [0.4, 0.5) is 0 Å². The fourth-order valence-corrected chi connectivity index (χ4v) is 2.37. The van der Waals surface area contributed by atoms with E-state index < -0.39 is 0 Å². The first-order valence-corrected chi connectivity index (χ1v) is 8.07. The van der Waals surface area contributed by atoms with Crippen LogP contribution in [0.1, 0.15) is 30.1 Å². The third-order valence-electron chi connectivity index (χ3n) is 3.67. The summed E-state index contributed by atoms with van der Waals surface area (Å²) < 4.78 is 11.2. The molecule has 122 valence electrons. The Bertz CT molecular complexity index is 809. The number of aromatic nitrogens is 1. The highest BCUT2D eigenvalue weighted by Gasteiger charge is 2.17. The number of oxazole rings is 1. The molecule has 0 aliphatic heterocycles. The van der Waals surface area contributed by atoms with Crippen molar-refractivity contribution < 1.29 is 13.9 Å². The van der Waals surface area contributed by atoms with E-state index in [4.69, 9.17) is 9.15 Å². The molecule has 0 fully saturated rings. The number of rotatable bonds is 6. The molecule has 1 heterocycles. The molecule has 3 rings (SSSR count). The number of ether oxygens (including phenoxy) is 1. The number of hydrogen-bond donors (Lipinski definition) is 0. The molecule has 0 aliphatic carbocycles. The Morgan fingerprint density at radius 1 is 1.08 bits per heavy atom. The molecule has 0 bridgehead atoms. The number of benzene rings is 2. The Morgan fingerprint density at radius 2 is 1.83 bits per heavy atom. The summed E-state index contributed by atoms with van der Waals surface area (Å²) in [5.74, 6) is 0.732. The molecule has 4 nitrogen and oxygen atoms in total. The van der Waals surface area contributed by atoms with Crippen molar-refractivity contribution in [2.75, 3.05) is 6.61 Å². The summed E-state index contributed by atoms with van der Waals surface area (Å²) in [6, 6.07) is 16.9. The van der Waals surface area contributed by atoms with Gasteiger partial charge in [-0.25, -0.2) is 9.78 Å². The second-order valence-electron chi connectivity index (χ2n) is 5.43. The van der Waals surface area contributed by atoms with Crippen LogP contribution in [0.5, 0.6) is 0 Å². The highest BCUT2D eigenvalue weighted by atomic mass is 16.5. The van der Waals surface area contributed by atoms with E-state index >= 15 is 0 Å². The van der Waals surface area contributed by atoms with Crippen LogP contribution >= 0.6 is 0 Å². The molecular weight excluding hydrogens is 302 g/mol. The van der Waals surface area contributed by atoms with E-state index in [1.54, 1.807) is 18.3 Å². The second kappa shape index (κ2) is 7.59. The molecule has 0 radical (unpaired) electrons. The lowest BCUT2D eigenvalue weighted by Gasteiger charge is -2.07. The minimum atomic E-state index is -0.349. The minimum Gasteiger partial charge on any atom is -0.462 e. The summed E-state index contributed by atoms with van der Waals surface area (Å²) in [7, 11) is 0. The molecule has 0 spiro atoms. The summed E-state index contributed by atoms with van der Waals surface area (Å²) in [6.45, 7) is 2.48. The van der Waals surface area contributed by atoms with Crippen LogP contribution < -0.4 is 0 Å². The van der Waals surface area contributed by atoms with Gasteiger partial charge >= 0.3 is 5.97 Å². The van der Waals surface area contributed by atoms with Crippen molar-refractivity contribution in [3.8, 4) is 22.8 Å². The molecule has 4 heteroatoms. The molecule has 0 saturated carbocycles. The second-order valence-corrected chi connectivity index (χ2v) is 5.43. The van der Waals surface area contributed by atoms with Crippen molar-refractivity contribution in [2.45, 2.75) is 19.8 Å². The van der Waals surface area contributed by atoms with E-state index in [0.29, 0.717) is 29.4 Å². The van der Waals surface area contributed by atoms with Gasteiger partial charge in [0.05, 0.1) is 23.9 Å². The van der Waals surface area contributed by atoms with Gasteiger partial charge in [-0.05, 0) is 18.6 Å². The van der Waals surface area contributed by atoms with E-state index in [1.807, 2.05) is 42.5 Å². The summed E-state index contributed by atoms with van der Waals surface area (Å²) in [4.78, 5) is 16.6. The van der Waals surface area contributed by atoms with E-state index in [9.17, 15) is 4.79 Å². The average Bonchev–Trinajstić information content (AvgIpc) is 3.12. The highest BCUT2D eigenvalue weighted by molar-refractivity contribution is 5.96. The smallest absolute Gasteiger partial charge is 0.338 e. The number of nitrogens with zero attached hydrogens (tertiary/aromatic N) is 1. The zero-order valence-electron chi connectivity index (χ0n) is 13.6. The van der Waals surface area contributed by atoms with Crippen LogP contribution in [-0.2, 0) is 4.74 Å². The third kappa shape index (κ3) is 3.54. The minimum absolute atomic E-state index is 0.349. The molecule has 0 saturated heterocycles. The Morgan fingerprint density at radius 3 is 2.62 bits per heavy atom. The first-order chi connectivity index (χ1) is 11.8. The van der Waals surface area contributed by atoms with Crippen molar-refractivity contribution in [2.24, 2.45) is 0 Å². The van der Waals surface area contributed by atoms with E-state index in [-0.39, 0.29) is 5.97 Å². The number of carbonyl (C=O) groups is 1. The summed E-state index contributed by atoms with van der Waals surface area (Å²) in [6.07, 6.45) is 3.50. The van der Waals surface area contributed by atoms with Gasteiger partial charge in [0.1, 0.15) is 0 Å². The van der Waals surface area contributed by atoms with Gasteiger partial charge in [-0.15, -0.1) is 0 Å². The van der Waals surface area contributed by atoms with Crippen LogP contribution in [0.25, 0.3) is 22.8 Å². The van der Waals surface area contributed by atoms with Gasteiger partial charge in [-0.1, -0.05) is 55.8 Å². The van der Waals surface area contributed by atoms with Crippen LogP contribution in [0.3, 0.4) is 0 Å². The SMILES string of the molecule is CCCCOC(=O)c1ccccc1-c1ncc(-c2ccccc2)o1. The first kappa shape index (κ1) is 16.0. The third-order valence-corrected chi connectivity index (χ3v) is 3.67. The number of esters is 1. The molecule has 0 atom stereocenters. The van der Waals surface area contributed by atoms with Crippen molar-refractivity contribution >= 4 is 5.97 Å². The van der Waals surface area contributed by atoms with Crippen LogP contribution in [0.2, 0.25) is 0 Å². The molecule has 0 amide bonds. The zero-order valence-corrected chi connectivity index (χ0v) is 13.6. The Labute approximate surface area is 141 Å². The number of hydrogen-bond acceptors (Lipinski definition) is 4. The van der Waals surface area contributed by atoms with Crippen molar-refractivity contribution in [1.29, 1.82) is 0 Å². The maximum Gasteiger partial charge on any atom is 0.338 e. The zero-order chi connectivity index (χ0) is 16.8.